The molecule has 0 aromatic heterocycles. The Morgan fingerprint density at radius 1 is 1.00 bits per heavy atom. The minimum Gasteiger partial charge on any atom is -0.481 e. The zero-order valence-electron chi connectivity index (χ0n) is 17.6. The van der Waals surface area contributed by atoms with Crippen molar-refractivity contribution in [2.45, 2.75) is 11.8 Å². The van der Waals surface area contributed by atoms with Crippen molar-refractivity contribution in [1.82, 2.24) is 4.90 Å². The summed E-state index contributed by atoms with van der Waals surface area (Å²) >= 11 is 3.16. The molecule has 0 bridgehead atoms. The van der Waals surface area contributed by atoms with E-state index in [2.05, 4.69) is 28.1 Å². The predicted octanol–water partition coefficient (Wildman–Crippen LogP) is 5.64. The number of carbonyl (C=O) groups is 2. The topological polar surface area (TPSA) is 66.8 Å². The fraction of sp³-hybridized carbons (Fsp3) is 0.231. The smallest absolute Gasteiger partial charge is 0.409 e. The minimum atomic E-state index is -0.991. The normalized spacial score (nSPS) is 19.3. The molecule has 7 heteroatoms. The van der Waals surface area contributed by atoms with E-state index in [0.29, 0.717) is 5.56 Å². The monoisotopic (exact) mass is 509 g/mol. The Morgan fingerprint density at radius 2 is 1.64 bits per heavy atom. The highest BCUT2D eigenvalue weighted by Crippen LogP contribution is 2.44. The van der Waals surface area contributed by atoms with E-state index in [4.69, 9.17) is 4.74 Å². The van der Waals surface area contributed by atoms with Crippen LogP contribution in [0.4, 0.5) is 9.18 Å². The van der Waals surface area contributed by atoms with Crippen LogP contribution in [0.1, 0.15) is 28.5 Å². The number of carboxylic acid groups (broad SMARTS) is 1. The highest BCUT2D eigenvalue weighted by atomic mass is 79.9. The molecule has 1 N–H and O–H groups in total. The summed E-state index contributed by atoms with van der Waals surface area (Å²) in [5.41, 5.74) is 5.19. The Hall–Kier alpha value is -3.19. The van der Waals surface area contributed by atoms with Gasteiger partial charge in [0.15, 0.2) is 0 Å². The second-order valence-electron chi connectivity index (χ2n) is 8.43. The molecule has 1 saturated heterocycles. The molecule has 1 aliphatic heterocycles. The SMILES string of the molecule is O=C(O)C1CN(C(=O)OCC2c3ccccc3-c3ccccc32)CC1c1ccc(F)c(Br)c1. The van der Waals surface area contributed by atoms with Crippen molar-refractivity contribution < 1.29 is 23.8 Å². The Kier molecular flexibility index (Phi) is 5.66. The third-order valence-electron chi connectivity index (χ3n) is 6.60. The zero-order valence-corrected chi connectivity index (χ0v) is 19.2. The lowest BCUT2D eigenvalue weighted by Crippen LogP contribution is -2.31. The van der Waals surface area contributed by atoms with Crippen molar-refractivity contribution in [3.63, 3.8) is 0 Å². The number of benzene rings is 3. The Morgan fingerprint density at radius 3 is 2.24 bits per heavy atom. The summed E-state index contributed by atoms with van der Waals surface area (Å²) in [6.45, 7) is 0.422. The summed E-state index contributed by atoms with van der Waals surface area (Å²) in [7, 11) is 0. The van der Waals surface area contributed by atoms with Crippen molar-refractivity contribution in [2.24, 2.45) is 5.92 Å². The van der Waals surface area contributed by atoms with E-state index in [9.17, 15) is 19.1 Å². The van der Waals surface area contributed by atoms with Gasteiger partial charge in [0.2, 0.25) is 0 Å². The average molecular weight is 510 g/mol. The van der Waals surface area contributed by atoms with Gasteiger partial charge >= 0.3 is 12.1 Å². The summed E-state index contributed by atoms with van der Waals surface area (Å²) in [4.78, 5) is 26.3. The van der Waals surface area contributed by atoms with Gasteiger partial charge in [-0.1, -0.05) is 54.6 Å². The molecule has 5 nitrogen and oxygen atoms in total. The van der Waals surface area contributed by atoms with Crippen molar-refractivity contribution in [1.29, 1.82) is 0 Å². The van der Waals surface area contributed by atoms with E-state index in [1.54, 1.807) is 12.1 Å². The zero-order chi connectivity index (χ0) is 23.1. The average Bonchev–Trinajstić information content (AvgIpc) is 3.40. The Labute approximate surface area is 198 Å². The van der Waals surface area contributed by atoms with Crippen LogP contribution in [0.5, 0.6) is 0 Å². The molecule has 1 aliphatic carbocycles. The quantitative estimate of drug-likeness (QED) is 0.494. The van der Waals surface area contributed by atoms with E-state index in [1.807, 2.05) is 36.4 Å². The van der Waals surface area contributed by atoms with E-state index in [0.717, 1.165) is 22.3 Å². The molecule has 0 spiro atoms. The summed E-state index contributed by atoms with van der Waals surface area (Å²) in [6, 6.07) is 20.6. The third kappa shape index (κ3) is 3.91. The molecule has 3 aromatic rings. The maximum Gasteiger partial charge on any atom is 0.409 e. The molecule has 5 rings (SSSR count). The summed E-state index contributed by atoms with van der Waals surface area (Å²) in [5.74, 6) is -2.71. The van der Waals surface area contributed by atoms with Gasteiger partial charge < -0.3 is 14.7 Å². The van der Waals surface area contributed by atoms with E-state index < -0.39 is 29.7 Å². The Bertz CT molecular complexity index is 1200. The fourth-order valence-corrected chi connectivity index (χ4v) is 5.37. The molecule has 33 heavy (non-hydrogen) atoms. The summed E-state index contributed by atoms with van der Waals surface area (Å²) in [5, 5.41) is 9.72. The molecule has 1 amide bonds. The van der Waals surface area contributed by atoms with Gasteiger partial charge in [-0.15, -0.1) is 0 Å². The van der Waals surface area contributed by atoms with Crippen LogP contribution >= 0.6 is 15.9 Å². The van der Waals surface area contributed by atoms with Crippen LogP contribution < -0.4 is 0 Å². The first-order valence-electron chi connectivity index (χ1n) is 10.7. The van der Waals surface area contributed by atoms with Crippen LogP contribution in [0.3, 0.4) is 0 Å². The number of rotatable bonds is 4. The molecule has 1 fully saturated rings. The number of likely N-dealkylation sites (tertiary alicyclic amines) is 1. The van der Waals surface area contributed by atoms with Crippen LogP contribution in [0.25, 0.3) is 11.1 Å². The largest absolute Gasteiger partial charge is 0.481 e. The van der Waals surface area contributed by atoms with Gasteiger partial charge in [0.1, 0.15) is 12.4 Å². The lowest BCUT2D eigenvalue weighted by atomic mass is 9.89. The van der Waals surface area contributed by atoms with Crippen LogP contribution in [0.15, 0.2) is 71.2 Å². The fourth-order valence-electron chi connectivity index (χ4n) is 4.97. The number of nitrogens with zero attached hydrogens (tertiary/aromatic N) is 1. The number of hydrogen-bond donors (Lipinski definition) is 1. The number of aliphatic carboxylic acids is 1. The van der Waals surface area contributed by atoms with E-state index in [1.165, 1.54) is 11.0 Å². The maximum absolute atomic E-state index is 13.7. The minimum absolute atomic E-state index is 0.0473. The molecule has 0 saturated carbocycles. The van der Waals surface area contributed by atoms with Gasteiger partial charge in [-0.2, -0.15) is 0 Å². The molecule has 0 radical (unpaired) electrons. The van der Waals surface area contributed by atoms with Gasteiger partial charge in [-0.3, -0.25) is 4.79 Å². The molecule has 3 aromatic carbocycles. The second-order valence-corrected chi connectivity index (χ2v) is 9.29. The predicted molar refractivity (Wildman–Crippen MR) is 125 cm³/mol. The van der Waals surface area contributed by atoms with Crippen LogP contribution in [-0.4, -0.2) is 41.8 Å². The van der Waals surface area contributed by atoms with Crippen molar-refractivity contribution in [2.75, 3.05) is 19.7 Å². The molecule has 2 atom stereocenters. The molecular formula is C26H21BrFNO4. The molecule has 2 aliphatic rings. The van der Waals surface area contributed by atoms with Gasteiger partial charge in [-0.25, -0.2) is 9.18 Å². The standard InChI is InChI=1S/C26H21BrFNO4/c27-23-11-15(9-10-24(23)28)20-12-29(13-21(20)25(30)31)26(32)33-14-22-18-7-3-1-5-16(18)17-6-2-4-8-19(17)22/h1-11,20-22H,12-14H2,(H,30,31). The summed E-state index contributed by atoms with van der Waals surface area (Å²) < 4.78 is 19.6. The molecular weight excluding hydrogens is 489 g/mol. The Balaban J connectivity index is 1.32. The van der Waals surface area contributed by atoms with Gasteiger partial charge in [0, 0.05) is 24.9 Å². The van der Waals surface area contributed by atoms with E-state index in [-0.39, 0.29) is 30.1 Å². The highest BCUT2D eigenvalue weighted by Gasteiger charge is 2.41. The van der Waals surface area contributed by atoms with Crippen LogP contribution in [0, 0.1) is 11.7 Å². The highest BCUT2D eigenvalue weighted by molar-refractivity contribution is 9.10. The number of amides is 1. The van der Waals surface area contributed by atoms with Gasteiger partial charge in [-0.05, 0) is 55.9 Å². The maximum atomic E-state index is 13.7. The number of ether oxygens (including phenoxy) is 1. The van der Waals surface area contributed by atoms with Crippen LogP contribution in [-0.2, 0) is 9.53 Å². The number of hydrogen-bond acceptors (Lipinski definition) is 3. The van der Waals surface area contributed by atoms with Crippen molar-refractivity contribution in [3.05, 3.63) is 93.7 Å². The first-order valence-corrected chi connectivity index (χ1v) is 11.5. The lowest BCUT2D eigenvalue weighted by Gasteiger charge is -2.19. The number of fused-ring (bicyclic) bond motifs is 3. The van der Waals surface area contributed by atoms with Crippen molar-refractivity contribution >= 4 is 28.0 Å². The molecule has 2 unspecified atom stereocenters. The first kappa shape index (κ1) is 21.6. The van der Waals surface area contributed by atoms with Gasteiger partial charge in [0.05, 0.1) is 10.4 Å². The number of halogens is 2. The first-order chi connectivity index (χ1) is 15.9. The molecule has 168 valence electrons. The lowest BCUT2D eigenvalue weighted by molar-refractivity contribution is -0.141. The van der Waals surface area contributed by atoms with E-state index >= 15 is 0 Å². The third-order valence-corrected chi connectivity index (χ3v) is 7.21. The molecule has 1 heterocycles. The van der Waals surface area contributed by atoms with Crippen molar-refractivity contribution in [3.8, 4) is 11.1 Å². The van der Waals surface area contributed by atoms with Gasteiger partial charge in [0.25, 0.3) is 0 Å². The van der Waals surface area contributed by atoms with Crippen LogP contribution in [0.2, 0.25) is 0 Å². The summed E-state index contributed by atoms with van der Waals surface area (Å²) in [6.07, 6.45) is -0.535. The number of carbonyl (C=O) groups excluding carboxylic acids is 1. The number of carboxylic acids is 1. The second kappa shape index (κ2) is 8.63.